The van der Waals surface area contributed by atoms with Crippen LogP contribution in [0.2, 0.25) is 0 Å². The summed E-state index contributed by atoms with van der Waals surface area (Å²) >= 11 is 0. The summed E-state index contributed by atoms with van der Waals surface area (Å²) < 4.78 is 0. The number of carbonyl (C=O) groups is 1. The molecule has 1 aromatic carbocycles. The van der Waals surface area contributed by atoms with E-state index in [1.165, 1.54) is 0 Å². The second kappa shape index (κ2) is 2.77. The van der Waals surface area contributed by atoms with Crippen LogP contribution in [0.4, 0.5) is 0 Å². The number of hydrogen-bond acceptors (Lipinski definition) is 3. The normalized spacial score (nSPS) is 28.7. The lowest BCUT2D eigenvalue weighted by Crippen LogP contribution is -2.21. The van der Waals surface area contributed by atoms with Gasteiger partial charge in [-0.05, 0) is 17.7 Å². The lowest BCUT2D eigenvalue weighted by molar-refractivity contribution is -0.329. The third-order valence-electron chi connectivity index (χ3n) is 2.51. The van der Waals surface area contributed by atoms with Crippen molar-refractivity contribution in [2.24, 2.45) is 0 Å². The minimum absolute atomic E-state index is 0.0307. The van der Waals surface area contributed by atoms with Gasteiger partial charge >= 0.3 is 0 Å². The van der Waals surface area contributed by atoms with Gasteiger partial charge in [0.1, 0.15) is 6.10 Å². The SMILES string of the molecule is O=C1c2ccccc2C2C=CC1OO2. The van der Waals surface area contributed by atoms with Crippen molar-refractivity contribution < 1.29 is 14.6 Å². The molecule has 0 N–H and O–H groups in total. The fourth-order valence-electron chi connectivity index (χ4n) is 1.80. The Bertz CT molecular complexity index is 422. The topological polar surface area (TPSA) is 35.5 Å². The van der Waals surface area contributed by atoms with Crippen molar-refractivity contribution in [3.05, 3.63) is 47.5 Å². The van der Waals surface area contributed by atoms with Gasteiger partial charge in [0.2, 0.25) is 0 Å². The molecule has 1 aliphatic carbocycles. The van der Waals surface area contributed by atoms with Crippen LogP contribution < -0.4 is 0 Å². The predicted octanol–water partition coefficient (Wildman–Crippen LogP) is 1.81. The number of fused-ring (bicyclic) bond motifs is 1. The highest BCUT2D eigenvalue weighted by Crippen LogP contribution is 2.32. The van der Waals surface area contributed by atoms with Crippen LogP contribution in [0.15, 0.2) is 36.4 Å². The van der Waals surface area contributed by atoms with Crippen molar-refractivity contribution in [1.82, 2.24) is 0 Å². The van der Waals surface area contributed by atoms with Gasteiger partial charge in [0.25, 0.3) is 0 Å². The summed E-state index contributed by atoms with van der Waals surface area (Å²) in [6.07, 6.45) is 2.79. The van der Waals surface area contributed by atoms with Crippen molar-refractivity contribution in [1.29, 1.82) is 0 Å². The highest BCUT2D eigenvalue weighted by Gasteiger charge is 2.33. The minimum atomic E-state index is -0.574. The van der Waals surface area contributed by atoms with Gasteiger partial charge in [-0.15, -0.1) is 0 Å². The zero-order valence-electron chi connectivity index (χ0n) is 7.34. The predicted molar refractivity (Wildman–Crippen MR) is 48.6 cm³/mol. The largest absolute Gasteiger partial charge is 0.291 e. The van der Waals surface area contributed by atoms with Gasteiger partial charge < -0.3 is 0 Å². The van der Waals surface area contributed by atoms with Crippen LogP contribution in [0.3, 0.4) is 0 Å². The fourth-order valence-corrected chi connectivity index (χ4v) is 1.80. The number of benzene rings is 1. The molecule has 1 aromatic rings. The quantitative estimate of drug-likeness (QED) is 0.460. The lowest BCUT2D eigenvalue weighted by atomic mass is 10.0. The van der Waals surface area contributed by atoms with Crippen molar-refractivity contribution in [3.63, 3.8) is 0 Å². The van der Waals surface area contributed by atoms with E-state index in [9.17, 15) is 4.79 Å². The van der Waals surface area contributed by atoms with E-state index in [2.05, 4.69) is 0 Å². The van der Waals surface area contributed by atoms with E-state index in [-0.39, 0.29) is 11.9 Å². The second-order valence-electron chi connectivity index (χ2n) is 3.37. The molecule has 2 atom stereocenters. The molecule has 3 aliphatic rings. The number of carbonyl (C=O) groups excluding carboxylic acids is 1. The Hall–Kier alpha value is -1.45. The van der Waals surface area contributed by atoms with Crippen LogP contribution in [0, 0.1) is 0 Å². The van der Waals surface area contributed by atoms with E-state index in [1.54, 1.807) is 6.08 Å². The van der Waals surface area contributed by atoms with E-state index in [0.717, 1.165) is 5.56 Å². The number of rotatable bonds is 0. The van der Waals surface area contributed by atoms with E-state index >= 15 is 0 Å². The molecule has 2 aliphatic heterocycles. The van der Waals surface area contributed by atoms with Crippen LogP contribution in [0.1, 0.15) is 22.0 Å². The smallest absolute Gasteiger partial charge is 0.199 e. The van der Waals surface area contributed by atoms with Gasteiger partial charge in [-0.25, -0.2) is 9.78 Å². The van der Waals surface area contributed by atoms with Crippen LogP contribution in [-0.2, 0) is 9.78 Å². The molecular weight excluding hydrogens is 180 g/mol. The minimum Gasteiger partial charge on any atom is -0.291 e. The first-order chi connectivity index (χ1) is 6.86. The second-order valence-corrected chi connectivity index (χ2v) is 3.37. The molecule has 0 saturated heterocycles. The maximum Gasteiger partial charge on any atom is 0.199 e. The summed E-state index contributed by atoms with van der Waals surface area (Å²) in [6, 6.07) is 7.44. The molecule has 2 heterocycles. The maximum atomic E-state index is 11.8. The first-order valence-electron chi connectivity index (χ1n) is 4.50. The number of hydrogen-bond donors (Lipinski definition) is 0. The van der Waals surface area contributed by atoms with Gasteiger partial charge in [-0.3, -0.25) is 4.79 Å². The Labute approximate surface area is 80.9 Å². The van der Waals surface area contributed by atoms with E-state index < -0.39 is 6.10 Å². The molecule has 0 aromatic heterocycles. The molecule has 0 saturated carbocycles. The third-order valence-corrected chi connectivity index (χ3v) is 2.51. The molecule has 2 unspecified atom stereocenters. The first-order valence-corrected chi connectivity index (χ1v) is 4.50. The Kier molecular flexibility index (Phi) is 1.56. The van der Waals surface area contributed by atoms with Crippen molar-refractivity contribution in [2.45, 2.75) is 12.2 Å². The molecule has 3 heteroatoms. The lowest BCUT2D eigenvalue weighted by Gasteiger charge is -2.16. The molecule has 2 bridgehead atoms. The summed E-state index contributed by atoms with van der Waals surface area (Å²) in [4.78, 5) is 21.9. The Morgan fingerprint density at radius 2 is 1.71 bits per heavy atom. The van der Waals surface area contributed by atoms with E-state index in [0.29, 0.717) is 5.56 Å². The first kappa shape index (κ1) is 7.91. The average Bonchev–Trinajstić information content (AvgIpc) is 2.48. The van der Waals surface area contributed by atoms with Gasteiger partial charge in [-0.2, -0.15) is 0 Å². The summed E-state index contributed by atoms with van der Waals surface area (Å²) in [5, 5.41) is 0. The van der Waals surface area contributed by atoms with Crippen LogP contribution >= 0.6 is 0 Å². The Morgan fingerprint density at radius 3 is 2.50 bits per heavy atom. The monoisotopic (exact) mass is 188 g/mol. The molecular formula is C11H8O3. The molecule has 4 rings (SSSR count). The average molecular weight is 188 g/mol. The molecule has 0 amide bonds. The van der Waals surface area contributed by atoms with Crippen LogP contribution in [0.5, 0.6) is 0 Å². The molecule has 70 valence electrons. The fraction of sp³-hybridized carbons (Fsp3) is 0.182. The van der Waals surface area contributed by atoms with Crippen molar-refractivity contribution in [3.8, 4) is 0 Å². The summed E-state index contributed by atoms with van der Waals surface area (Å²) in [5.74, 6) is -0.0307. The van der Waals surface area contributed by atoms with Crippen LogP contribution in [-0.4, -0.2) is 11.9 Å². The van der Waals surface area contributed by atoms with E-state index in [4.69, 9.17) is 9.78 Å². The highest BCUT2D eigenvalue weighted by atomic mass is 17.2. The molecule has 14 heavy (non-hydrogen) atoms. The van der Waals surface area contributed by atoms with Gasteiger partial charge in [0.05, 0.1) is 0 Å². The Balaban J connectivity index is 2.25. The summed E-state index contributed by atoms with van der Waals surface area (Å²) in [5.41, 5.74) is 1.58. The third kappa shape index (κ3) is 0.967. The van der Waals surface area contributed by atoms with Gasteiger partial charge in [0, 0.05) is 5.56 Å². The van der Waals surface area contributed by atoms with Gasteiger partial charge in [0.15, 0.2) is 11.9 Å². The van der Waals surface area contributed by atoms with E-state index in [1.807, 2.05) is 30.3 Å². The summed E-state index contributed by atoms with van der Waals surface area (Å²) in [7, 11) is 0. The zero-order chi connectivity index (χ0) is 9.54. The van der Waals surface area contributed by atoms with Gasteiger partial charge in [-0.1, -0.05) is 24.3 Å². The molecule has 0 fully saturated rings. The Morgan fingerprint density at radius 1 is 1.00 bits per heavy atom. The zero-order valence-corrected chi connectivity index (χ0v) is 7.34. The van der Waals surface area contributed by atoms with Crippen molar-refractivity contribution >= 4 is 5.78 Å². The molecule has 0 spiro atoms. The van der Waals surface area contributed by atoms with Crippen molar-refractivity contribution in [2.75, 3.05) is 0 Å². The standard InChI is InChI=1S/C11H8O3/c12-11-8-4-2-1-3-7(8)9-5-6-10(11)14-13-9/h1-6,9-10H. The number of Topliss-reactive ketones (excluding diaryl/α,β-unsaturated/α-hetero) is 1. The maximum absolute atomic E-state index is 11.8. The van der Waals surface area contributed by atoms with Crippen LogP contribution in [0.25, 0.3) is 0 Å². The summed E-state index contributed by atoms with van der Waals surface area (Å²) in [6.45, 7) is 0. The highest BCUT2D eigenvalue weighted by molar-refractivity contribution is 6.02. The molecule has 3 nitrogen and oxygen atoms in total. The molecule has 0 radical (unpaired) electrons. The number of ketones is 1.